The summed E-state index contributed by atoms with van der Waals surface area (Å²) in [6, 6.07) is 26.4. The summed E-state index contributed by atoms with van der Waals surface area (Å²) < 4.78 is 38.5. The molecule has 0 saturated carbocycles. The molecule has 0 amide bonds. The third-order valence-electron chi connectivity index (χ3n) is 5.95. The Labute approximate surface area is 223 Å². The molecule has 3 aromatic carbocycles. The van der Waals surface area contributed by atoms with Crippen molar-refractivity contribution < 1.29 is 27.8 Å². The number of carboxylic acids is 1. The van der Waals surface area contributed by atoms with Crippen LogP contribution in [-0.4, -0.2) is 33.9 Å². The Morgan fingerprint density at radius 2 is 1.54 bits per heavy atom. The van der Waals surface area contributed by atoms with E-state index in [1.807, 2.05) is 48.5 Å². The van der Waals surface area contributed by atoms with Crippen molar-refractivity contribution in [2.45, 2.75) is 25.4 Å². The maximum absolute atomic E-state index is 13.0. The largest absolute Gasteiger partial charge is 0.497 e. The molecular formula is C29H28F3N3O4. The first-order chi connectivity index (χ1) is 18.5. The van der Waals surface area contributed by atoms with Crippen molar-refractivity contribution in [3.63, 3.8) is 0 Å². The number of hydrogen-bond acceptors (Lipinski definition) is 5. The average Bonchev–Trinajstić information content (AvgIpc) is 2.93. The lowest BCUT2D eigenvalue weighted by Gasteiger charge is -2.13. The minimum Gasteiger partial charge on any atom is -0.497 e. The van der Waals surface area contributed by atoms with Crippen LogP contribution in [0, 0.1) is 0 Å². The lowest BCUT2D eigenvalue weighted by molar-refractivity contribution is -0.192. The first-order valence-electron chi connectivity index (χ1n) is 11.9. The van der Waals surface area contributed by atoms with Crippen LogP contribution in [0.15, 0.2) is 83.7 Å². The number of ether oxygens (including phenoxy) is 1. The summed E-state index contributed by atoms with van der Waals surface area (Å²) in [6.07, 6.45) is -3.14. The van der Waals surface area contributed by atoms with Gasteiger partial charge in [0.1, 0.15) is 5.75 Å². The van der Waals surface area contributed by atoms with Crippen LogP contribution < -0.4 is 16.0 Å². The predicted molar refractivity (Wildman–Crippen MR) is 143 cm³/mol. The van der Waals surface area contributed by atoms with Gasteiger partial charge in [-0.25, -0.2) is 9.78 Å². The van der Waals surface area contributed by atoms with Gasteiger partial charge in [0.15, 0.2) is 0 Å². The maximum atomic E-state index is 13.0. The summed E-state index contributed by atoms with van der Waals surface area (Å²) in [5.74, 6) is -1.68. The Morgan fingerprint density at radius 1 is 0.949 bits per heavy atom. The Balaban J connectivity index is 0.000000532. The van der Waals surface area contributed by atoms with Crippen molar-refractivity contribution in [1.29, 1.82) is 0 Å². The third-order valence-corrected chi connectivity index (χ3v) is 5.95. The SMILES string of the molecule is COc1cccc(-c2cccc(CCc3nc(N)n(C)c(=O)c3Cc3ccccc3)c2)c1.O=C(O)C(F)(F)F. The number of benzene rings is 3. The Kier molecular flexibility index (Phi) is 9.48. The molecule has 0 aliphatic rings. The van der Waals surface area contributed by atoms with Crippen LogP contribution in [0.3, 0.4) is 0 Å². The summed E-state index contributed by atoms with van der Waals surface area (Å²) in [5, 5.41) is 7.12. The van der Waals surface area contributed by atoms with Crippen molar-refractivity contribution in [2.24, 2.45) is 7.05 Å². The van der Waals surface area contributed by atoms with E-state index in [-0.39, 0.29) is 11.5 Å². The molecular weight excluding hydrogens is 511 g/mol. The highest BCUT2D eigenvalue weighted by molar-refractivity contribution is 5.73. The zero-order valence-corrected chi connectivity index (χ0v) is 21.4. The van der Waals surface area contributed by atoms with Gasteiger partial charge in [0.05, 0.1) is 12.8 Å². The third kappa shape index (κ3) is 7.94. The zero-order chi connectivity index (χ0) is 28.6. The van der Waals surface area contributed by atoms with Gasteiger partial charge in [0.2, 0.25) is 5.95 Å². The molecule has 3 N–H and O–H groups in total. The number of aliphatic carboxylic acids is 1. The Bertz CT molecular complexity index is 1490. The lowest BCUT2D eigenvalue weighted by atomic mass is 9.98. The number of nitrogens with zero attached hydrogens (tertiary/aromatic N) is 2. The number of anilines is 1. The Morgan fingerprint density at radius 3 is 2.15 bits per heavy atom. The standard InChI is InChI=1S/C27H27N3O2.C2HF3O2/c1-30-26(31)24(17-19-8-4-3-5-9-19)25(29-27(30)28)15-14-20-10-6-11-21(16-20)22-12-7-13-23(18-22)32-2;3-2(4,5)1(6)7/h3-13,16,18H,14-15,17H2,1-2H3,(H2,28,29);(H,6,7). The van der Waals surface area contributed by atoms with Crippen LogP contribution in [0.25, 0.3) is 11.1 Å². The van der Waals surface area contributed by atoms with Crippen LogP contribution in [0.4, 0.5) is 19.1 Å². The number of aryl methyl sites for hydroxylation is 2. The van der Waals surface area contributed by atoms with Gasteiger partial charge in [-0.05, 0) is 47.2 Å². The monoisotopic (exact) mass is 539 g/mol. The molecule has 0 aliphatic carbocycles. The molecule has 39 heavy (non-hydrogen) atoms. The second-order valence-electron chi connectivity index (χ2n) is 8.66. The number of alkyl halides is 3. The molecule has 1 aromatic heterocycles. The summed E-state index contributed by atoms with van der Waals surface area (Å²) in [4.78, 5) is 26.4. The van der Waals surface area contributed by atoms with E-state index in [4.69, 9.17) is 20.4 Å². The van der Waals surface area contributed by atoms with Gasteiger partial charge in [-0.15, -0.1) is 0 Å². The normalized spacial score (nSPS) is 10.9. The number of nitrogens with two attached hydrogens (primary N) is 1. The van der Waals surface area contributed by atoms with Crippen molar-refractivity contribution in [3.05, 3.63) is 112 Å². The summed E-state index contributed by atoms with van der Waals surface area (Å²) >= 11 is 0. The van der Waals surface area contributed by atoms with Crippen LogP contribution in [-0.2, 0) is 31.1 Å². The molecule has 0 radical (unpaired) electrons. The first kappa shape index (κ1) is 29.0. The molecule has 7 nitrogen and oxygen atoms in total. The summed E-state index contributed by atoms with van der Waals surface area (Å²) in [7, 11) is 3.34. The minimum atomic E-state index is -5.08. The summed E-state index contributed by atoms with van der Waals surface area (Å²) in [5.41, 5.74) is 11.9. The van der Waals surface area contributed by atoms with Crippen LogP contribution >= 0.6 is 0 Å². The van der Waals surface area contributed by atoms with E-state index in [1.54, 1.807) is 14.2 Å². The molecule has 4 rings (SSSR count). The summed E-state index contributed by atoms with van der Waals surface area (Å²) in [6.45, 7) is 0. The highest BCUT2D eigenvalue weighted by Crippen LogP contribution is 2.25. The van der Waals surface area contributed by atoms with E-state index in [0.29, 0.717) is 18.4 Å². The lowest BCUT2D eigenvalue weighted by Crippen LogP contribution is -2.27. The van der Waals surface area contributed by atoms with Crippen molar-refractivity contribution in [1.82, 2.24) is 9.55 Å². The van der Waals surface area contributed by atoms with Gasteiger partial charge in [-0.2, -0.15) is 13.2 Å². The molecule has 4 aromatic rings. The molecule has 0 unspecified atom stereocenters. The van der Waals surface area contributed by atoms with Gasteiger partial charge in [0.25, 0.3) is 5.56 Å². The molecule has 0 atom stereocenters. The van der Waals surface area contributed by atoms with Gasteiger partial charge in [-0.3, -0.25) is 9.36 Å². The highest BCUT2D eigenvalue weighted by atomic mass is 19.4. The van der Waals surface area contributed by atoms with Gasteiger partial charge < -0.3 is 15.6 Å². The van der Waals surface area contributed by atoms with Crippen molar-refractivity contribution >= 4 is 11.9 Å². The van der Waals surface area contributed by atoms with Crippen LogP contribution in [0.5, 0.6) is 5.75 Å². The maximum Gasteiger partial charge on any atom is 0.490 e. The molecule has 204 valence electrons. The first-order valence-corrected chi connectivity index (χ1v) is 11.9. The molecule has 1 heterocycles. The molecule has 0 fully saturated rings. The fourth-order valence-corrected chi connectivity index (χ4v) is 3.87. The van der Waals surface area contributed by atoms with Gasteiger partial charge in [-0.1, -0.05) is 66.7 Å². The number of aromatic nitrogens is 2. The number of hydrogen-bond donors (Lipinski definition) is 2. The van der Waals surface area contributed by atoms with E-state index in [1.165, 1.54) is 10.1 Å². The smallest absolute Gasteiger partial charge is 0.490 e. The van der Waals surface area contributed by atoms with Crippen molar-refractivity contribution in [3.8, 4) is 16.9 Å². The van der Waals surface area contributed by atoms with E-state index in [9.17, 15) is 18.0 Å². The number of methoxy groups -OCH3 is 1. The van der Waals surface area contributed by atoms with Crippen molar-refractivity contribution in [2.75, 3.05) is 12.8 Å². The van der Waals surface area contributed by atoms with Crippen LogP contribution in [0.2, 0.25) is 0 Å². The second kappa shape index (κ2) is 12.8. The number of rotatable bonds is 7. The quantitative estimate of drug-likeness (QED) is 0.341. The van der Waals surface area contributed by atoms with Gasteiger partial charge in [0, 0.05) is 19.0 Å². The average molecular weight is 540 g/mol. The fourth-order valence-electron chi connectivity index (χ4n) is 3.87. The number of nitrogen functional groups attached to an aromatic ring is 1. The predicted octanol–water partition coefficient (Wildman–Crippen LogP) is 5.05. The van der Waals surface area contributed by atoms with Crippen LogP contribution in [0.1, 0.15) is 22.4 Å². The molecule has 0 spiro atoms. The minimum absolute atomic E-state index is 0.0820. The zero-order valence-electron chi connectivity index (χ0n) is 21.4. The number of halogens is 3. The second-order valence-corrected chi connectivity index (χ2v) is 8.66. The fraction of sp³-hybridized carbons (Fsp3) is 0.207. The number of carboxylic acid groups (broad SMARTS) is 1. The molecule has 0 saturated heterocycles. The molecule has 0 aliphatic heterocycles. The van der Waals surface area contributed by atoms with E-state index in [2.05, 4.69) is 35.3 Å². The van der Waals surface area contributed by atoms with E-state index >= 15 is 0 Å². The van der Waals surface area contributed by atoms with E-state index in [0.717, 1.165) is 34.6 Å². The molecule has 10 heteroatoms. The highest BCUT2D eigenvalue weighted by Gasteiger charge is 2.38. The Hall–Kier alpha value is -4.60. The topological polar surface area (TPSA) is 107 Å². The number of carbonyl (C=O) groups is 1. The molecule has 0 bridgehead atoms. The van der Waals surface area contributed by atoms with E-state index < -0.39 is 12.1 Å². The van der Waals surface area contributed by atoms with Gasteiger partial charge >= 0.3 is 12.1 Å².